The maximum atomic E-state index is 7.20. The lowest BCUT2D eigenvalue weighted by Crippen LogP contribution is -2.40. The monoisotopic (exact) mass is 183 g/mol. The summed E-state index contributed by atoms with van der Waals surface area (Å²) in [5.41, 5.74) is 5.36. The van der Waals surface area contributed by atoms with Crippen LogP contribution in [0.15, 0.2) is 0 Å². The van der Waals surface area contributed by atoms with Gasteiger partial charge in [0.05, 0.1) is 6.54 Å². The van der Waals surface area contributed by atoms with Crippen LogP contribution in [0.3, 0.4) is 0 Å². The molecule has 13 heavy (non-hydrogen) atoms. The van der Waals surface area contributed by atoms with Crippen LogP contribution in [0.2, 0.25) is 0 Å². The third kappa shape index (κ3) is 3.35. The molecule has 0 unspecified atom stereocenters. The highest BCUT2D eigenvalue weighted by molar-refractivity contribution is 5.78. The molecule has 1 fully saturated rings. The molecule has 1 rings (SSSR count). The molecule has 76 valence electrons. The van der Waals surface area contributed by atoms with E-state index < -0.39 is 0 Å². The van der Waals surface area contributed by atoms with Gasteiger partial charge in [-0.2, -0.15) is 0 Å². The zero-order chi connectivity index (χ0) is 9.84. The van der Waals surface area contributed by atoms with Gasteiger partial charge in [-0.15, -0.1) is 0 Å². The normalized spacial score (nSPS) is 20.8. The first kappa shape index (κ1) is 10.5. The summed E-state index contributed by atoms with van der Waals surface area (Å²) in [5, 5.41) is 7.20. The molecule has 0 atom stereocenters. The highest BCUT2D eigenvalue weighted by atomic mass is 15.1. The van der Waals surface area contributed by atoms with Gasteiger partial charge in [0.2, 0.25) is 0 Å². The Morgan fingerprint density at radius 3 is 2.38 bits per heavy atom. The lowest BCUT2D eigenvalue weighted by atomic mass is 9.87. The fourth-order valence-electron chi connectivity index (χ4n) is 2.02. The number of rotatable bonds is 3. The highest BCUT2D eigenvalue weighted by Crippen LogP contribution is 2.23. The molecule has 1 heterocycles. The van der Waals surface area contributed by atoms with Gasteiger partial charge in [-0.05, 0) is 37.8 Å². The number of piperidine rings is 1. The fourth-order valence-corrected chi connectivity index (χ4v) is 2.02. The van der Waals surface area contributed by atoms with Crippen molar-refractivity contribution in [2.45, 2.75) is 26.7 Å². The third-order valence-electron chi connectivity index (χ3n) is 2.97. The molecule has 0 radical (unpaired) electrons. The third-order valence-corrected chi connectivity index (χ3v) is 2.97. The van der Waals surface area contributed by atoms with Gasteiger partial charge in [0, 0.05) is 0 Å². The van der Waals surface area contributed by atoms with Crippen LogP contribution < -0.4 is 5.73 Å². The SMILES string of the molecule is CC(C)C1CCN(CC(=N)N)CC1. The summed E-state index contributed by atoms with van der Waals surface area (Å²) >= 11 is 0. The van der Waals surface area contributed by atoms with Gasteiger partial charge < -0.3 is 5.73 Å². The molecule has 0 amide bonds. The van der Waals surface area contributed by atoms with Crippen LogP contribution in [0.4, 0.5) is 0 Å². The predicted octanol–water partition coefficient (Wildman–Crippen LogP) is 1.29. The van der Waals surface area contributed by atoms with E-state index in [1.807, 2.05) is 0 Å². The molecule has 0 spiro atoms. The van der Waals surface area contributed by atoms with Crippen LogP contribution in [-0.4, -0.2) is 30.4 Å². The van der Waals surface area contributed by atoms with Crippen LogP contribution in [0.5, 0.6) is 0 Å². The molecule has 0 aromatic carbocycles. The smallest absolute Gasteiger partial charge is 0.105 e. The van der Waals surface area contributed by atoms with E-state index in [1.165, 1.54) is 12.8 Å². The summed E-state index contributed by atoms with van der Waals surface area (Å²) < 4.78 is 0. The van der Waals surface area contributed by atoms with Gasteiger partial charge in [0.1, 0.15) is 5.84 Å². The van der Waals surface area contributed by atoms with Gasteiger partial charge >= 0.3 is 0 Å². The Balaban J connectivity index is 2.26. The molecule has 0 bridgehead atoms. The van der Waals surface area contributed by atoms with Crippen molar-refractivity contribution >= 4 is 5.84 Å². The van der Waals surface area contributed by atoms with Crippen molar-refractivity contribution in [3.8, 4) is 0 Å². The van der Waals surface area contributed by atoms with E-state index in [9.17, 15) is 0 Å². The average Bonchev–Trinajstić information content (AvgIpc) is 2.04. The summed E-state index contributed by atoms with van der Waals surface area (Å²) in [4.78, 5) is 2.28. The molecule has 0 saturated carbocycles. The first-order valence-corrected chi connectivity index (χ1v) is 5.15. The van der Waals surface area contributed by atoms with Crippen molar-refractivity contribution in [2.24, 2.45) is 17.6 Å². The van der Waals surface area contributed by atoms with E-state index in [-0.39, 0.29) is 0 Å². The molecule has 1 aliphatic rings. The quantitative estimate of drug-likeness (QED) is 0.511. The van der Waals surface area contributed by atoms with E-state index in [1.54, 1.807) is 0 Å². The van der Waals surface area contributed by atoms with Crippen molar-refractivity contribution in [1.82, 2.24) is 4.90 Å². The van der Waals surface area contributed by atoms with Crippen LogP contribution >= 0.6 is 0 Å². The number of amidine groups is 1. The van der Waals surface area contributed by atoms with E-state index in [0.717, 1.165) is 24.9 Å². The van der Waals surface area contributed by atoms with Crippen LogP contribution in [-0.2, 0) is 0 Å². The Bertz CT molecular complexity index is 169. The summed E-state index contributed by atoms with van der Waals surface area (Å²) in [5.74, 6) is 1.98. The minimum Gasteiger partial charge on any atom is -0.387 e. The van der Waals surface area contributed by atoms with Crippen LogP contribution in [0, 0.1) is 17.2 Å². The van der Waals surface area contributed by atoms with Crippen molar-refractivity contribution < 1.29 is 0 Å². The number of likely N-dealkylation sites (tertiary alicyclic amines) is 1. The fraction of sp³-hybridized carbons (Fsp3) is 0.900. The number of nitrogens with two attached hydrogens (primary N) is 1. The van der Waals surface area contributed by atoms with Gasteiger partial charge in [-0.3, -0.25) is 10.3 Å². The first-order valence-electron chi connectivity index (χ1n) is 5.15. The Hall–Kier alpha value is -0.570. The molecular weight excluding hydrogens is 162 g/mol. The summed E-state index contributed by atoms with van der Waals surface area (Å²) in [6.07, 6.45) is 2.54. The van der Waals surface area contributed by atoms with Crippen LogP contribution in [0.25, 0.3) is 0 Å². The van der Waals surface area contributed by atoms with Gasteiger partial charge in [-0.1, -0.05) is 13.8 Å². The van der Waals surface area contributed by atoms with Gasteiger partial charge in [0.25, 0.3) is 0 Å². The van der Waals surface area contributed by atoms with E-state index in [4.69, 9.17) is 11.1 Å². The number of hydrogen-bond donors (Lipinski definition) is 2. The number of nitrogens with one attached hydrogen (secondary N) is 1. The van der Waals surface area contributed by atoms with Crippen molar-refractivity contribution in [2.75, 3.05) is 19.6 Å². The Morgan fingerprint density at radius 2 is 2.00 bits per heavy atom. The topological polar surface area (TPSA) is 53.1 Å². The minimum atomic E-state index is 0.294. The maximum Gasteiger partial charge on any atom is 0.105 e. The number of nitrogens with zero attached hydrogens (tertiary/aromatic N) is 1. The summed E-state index contributed by atoms with van der Waals surface area (Å²) in [6.45, 7) is 7.48. The van der Waals surface area contributed by atoms with E-state index >= 15 is 0 Å². The minimum absolute atomic E-state index is 0.294. The maximum absolute atomic E-state index is 7.20. The van der Waals surface area contributed by atoms with Crippen molar-refractivity contribution in [3.05, 3.63) is 0 Å². The molecule has 0 aromatic heterocycles. The van der Waals surface area contributed by atoms with Gasteiger partial charge in [-0.25, -0.2) is 0 Å². The molecule has 0 aliphatic carbocycles. The zero-order valence-corrected chi connectivity index (χ0v) is 8.71. The molecule has 3 nitrogen and oxygen atoms in total. The molecule has 1 saturated heterocycles. The highest BCUT2D eigenvalue weighted by Gasteiger charge is 2.21. The lowest BCUT2D eigenvalue weighted by Gasteiger charge is -2.33. The Labute approximate surface area is 80.8 Å². The van der Waals surface area contributed by atoms with Crippen LogP contribution in [0.1, 0.15) is 26.7 Å². The van der Waals surface area contributed by atoms with E-state index in [2.05, 4.69) is 18.7 Å². The van der Waals surface area contributed by atoms with Gasteiger partial charge in [0.15, 0.2) is 0 Å². The molecular formula is C10H21N3. The second-order valence-corrected chi connectivity index (χ2v) is 4.38. The Morgan fingerprint density at radius 1 is 1.46 bits per heavy atom. The van der Waals surface area contributed by atoms with E-state index in [0.29, 0.717) is 12.4 Å². The standard InChI is InChI=1S/C10H21N3/c1-8(2)9-3-5-13(6-4-9)7-10(11)12/h8-9H,3-7H2,1-2H3,(H3,11,12). The first-order chi connectivity index (χ1) is 6.09. The zero-order valence-electron chi connectivity index (χ0n) is 8.71. The molecule has 3 heteroatoms. The molecule has 0 aromatic rings. The summed E-state index contributed by atoms with van der Waals surface area (Å²) in [6, 6.07) is 0. The summed E-state index contributed by atoms with van der Waals surface area (Å²) in [7, 11) is 0. The second-order valence-electron chi connectivity index (χ2n) is 4.38. The second kappa shape index (κ2) is 4.61. The van der Waals surface area contributed by atoms with Crippen molar-refractivity contribution in [3.63, 3.8) is 0 Å². The van der Waals surface area contributed by atoms with Crippen molar-refractivity contribution in [1.29, 1.82) is 5.41 Å². The number of hydrogen-bond acceptors (Lipinski definition) is 2. The Kier molecular flexibility index (Phi) is 3.72. The predicted molar refractivity (Wildman–Crippen MR) is 55.9 cm³/mol. The lowest BCUT2D eigenvalue weighted by molar-refractivity contribution is 0.174. The average molecular weight is 183 g/mol. The molecule has 3 N–H and O–H groups in total. The largest absolute Gasteiger partial charge is 0.387 e. The molecule has 1 aliphatic heterocycles.